The summed E-state index contributed by atoms with van der Waals surface area (Å²) < 4.78 is 13.7. The number of hydrogen-bond acceptors (Lipinski definition) is 4. The predicted molar refractivity (Wildman–Crippen MR) is 45.9 cm³/mol. The molecule has 11 heavy (non-hydrogen) atoms. The molecule has 1 aromatic carbocycles. The molecule has 0 aliphatic heterocycles. The molecule has 0 aliphatic carbocycles. The van der Waals surface area contributed by atoms with Gasteiger partial charge in [0.15, 0.2) is 0 Å². The maximum atomic E-state index is 8.76. The Labute approximate surface area is 69.4 Å². The van der Waals surface area contributed by atoms with E-state index in [0.717, 1.165) is 0 Å². The van der Waals surface area contributed by atoms with Crippen molar-refractivity contribution in [1.29, 1.82) is 0 Å². The maximum Gasteiger partial charge on any atom is 0.134 e. The van der Waals surface area contributed by atoms with Gasteiger partial charge in [-0.2, -0.15) is 0 Å². The van der Waals surface area contributed by atoms with E-state index in [1.807, 2.05) is 0 Å². The van der Waals surface area contributed by atoms with Gasteiger partial charge in [-0.15, -0.1) is 0 Å². The van der Waals surface area contributed by atoms with Crippen LogP contribution in [0.5, 0.6) is 5.75 Å². The van der Waals surface area contributed by atoms with Gasteiger partial charge in [0.25, 0.3) is 0 Å². The molecule has 0 radical (unpaired) electrons. The molecule has 0 spiro atoms. The molecule has 0 saturated carbocycles. The fourth-order valence-electron chi connectivity index (χ4n) is 0.765. The van der Waals surface area contributed by atoms with Crippen LogP contribution < -0.4 is 10.5 Å². The van der Waals surface area contributed by atoms with Crippen LogP contribution in [0, 0.1) is 0 Å². The number of ether oxygens (including phenoxy) is 1. The van der Waals surface area contributed by atoms with Crippen molar-refractivity contribution in [1.82, 2.24) is 0 Å². The molecule has 0 aromatic heterocycles. The minimum Gasteiger partial charge on any atom is -0.495 e. The molecule has 0 fully saturated rings. The second kappa shape index (κ2) is 3.50. The summed E-state index contributed by atoms with van der Waals surface area (Å²) >= 11 is 0.629. The number of hydrogen-bond donors (Lipinski definition) is 2. The zero-order valence-corrected chi connectivity index (χ0v) is 6.89. The molecule has 0 heterocycles. The molecule has 3 nitrogen and oxygen atoms in total. The molecule has 1 aromatic rings. The van der Waals surface area contributed by atoms with Crippen LogP contribution in [0.3, 0.4) is 0 Å². The van der Waals surface area contributed by atoms with E-state index in [1.165, 1.54) is 0 Å². The molecule has 0 unspecified atom stereocenters. The number of nitrogen functional groups attached to an aromatic ring is 1. The van der Waals surface area contributed by atoms with Crippen molar-refractivity contribution >= 4 is 17.7 Å². The normalized spacial score (nSPS) is 9.64. The molecule has 0 atom stereocenters. The Morgan fingerprint density at radius 3 is 2.82 bits per heavy atom. The van der Waals surface area contributed by atoms with E-state index in [-0.39, 0.29) is 0 Å². The third-order valence-electron chi connectivity index (χ3n) is 1.29. The SMILES string of the molecule is COc1ccc(N)cc1SO. The van der Waals surface area contributed by atoms with Crippen molar-refractivity contribution in [2.75, 3.05) is 12.8 Å². The largest absolute Gasteiger partial charge is 0.495 e. The number of methoxy groups -OCH3 is 1. The lowest BCUT2D eigenvalue weighted by Crippen LogP contribution is -1.89. The van der Waals surface area contributed by atoms with Crippen molar-refractivity contribution in [2.45, 2.75) is 4.90 Å². The highest BCUT2D eigenvalue weighted by molar-refractivity contribution is 7.93. The Morgan fingerprint density at radius 1 is 1.55 bits per heavy atom. The lowest BCUT2D eigenvalue weighted by molar-refractivity contribution is 0.404. The van der Waals surface area contributed by atoms with E-state index in [4.69, 9.17) is 15.0 Å². The number of anilines is 1. The van der Waals surface area contributed by atoms with Gasteiger partial charge >= 0.3 is 0 Å². The molecular formula is C7H9NO2S. The average molecular weight is 171 g/mol. The third kappa shape index (κ3) is 1.78. The summed E-state index contributed by atoms with van der Waals surface area (Å²) in [7, 11) is 1.55. The van der Waals surface area contributed by atoms with Gasteiger partial charge in [-0.05, 0) is 18.2 Å². The van der Waals surface area contributed by atoms with Crippen LogP contribution in [-0.4, -0.2) is 11.7 Å². The summed E-state index contributed by atoms with van der Waals surface area (Å²) in [5.74, 6) is 0.631. The van der Waals surface area contributed by atoms with Crippen LogP contribution in [0.2, 0.25) is 0 Å². The first kappa shape index (κ1) is 8.23. The van der Waals surface area contributed by atoms with E-state index < -0.39 is 0 Å². The monoisotopic (exact) mass is 171 g/mol. The van der Waals surface area contributed by atoms with Crippen molar-refractivity contribution in [3.63, 3.8) is 0 Å². The number of rotatable bonds is 2. The zero-order valence-electron chi connectivity index (χ0n) is 6.07. The van der Waals surface area contributed by atoms with Crippen molar-refractivity contribution in [3.05, 3.63) is 18.2 Å². The van der Waals surface area contributed by atoms with Crippen molar-refractivity contribution < 1.29 is 9.29 Å². The van der Waals surface area contributed by atoms with Crippen LogP contribution in [0.4, 0.5) is 5.69 Å². The number of benzene rings is 1. The van der Waals surface area contributed by atoms with Crippen LogP contribution in [0.1, 0.15) is 0 Å². The van der Waals surface area contributed by atoms with Crippen LogP contribution in [-0.2, 0) is 0 Å². The molecule has 0 aliphatic rings. The fourth-order valence-corrected chi connectivity index (χ4v) is 1.19. The average Bonchev–Trinajstić information content (AvgIpc) is 2.04. The van der Waals surface area contributed by atoms with Gasteiger partial charge in [0.05, 0.1) is 12.0 Å². The molecular weight excluding hydrogens is 162 g/mol. The summed E-state index contributed by atoms with van der Waals surface area (Å²) in [6.45, 7) is 0. The topological polar surface area (TPSA) is 55.5 Å². The lowest BCUT2D eigenvalue weighted by Gasteiger charge is -2.04. The highest BCUT2D eigenvalue weighted by Gasteiger charge is 2.01. The minimum absolute atomic E-state index is 0.613. The molecule has 0 bridgehead atoms. The molecule has 0 amide bonds. The number of nitrogens with two attached hydrogens (primary N) is 1. The van der Waals surface area contributed by atoms with Crippen LogP contribution >= 0.6 is 12.0 Å². The summed E-state index contributed by atoms with van der Waals surface area (Å²) in [4.78, 5) is 0.632. The smallest absolute Gasteiger partial charge is 0.134 e. The highest BCUT2D eigenvalue weighted by Crippen LogP contribution is 2.28. The van der Waals surface area contributed by atoms with Gasteiger partial charge in [-0.1, -0.05) is 0 Å². The fraction of sp³-hybridized carbons (Fsp3) is 0.143. The van der Waals surface area contributed by atoms with Gasteiger partial charge in [0.2, 0.25) is 0 Å². The maximum absolute atomic E-state index is 8.76. The van der Waals surface area contributed by atoms with E-state index in [0.29, 0.717) is 28.4 Å². The quantitative estimate of drug-likeness (QED) is 0.526. The standard InChI is InChI=1S/C7H9NO2S/c1-10-6-3-2-5(8)4-7(6)11-9/h2-4,9H,8H2,1H3. The first-order valence-corrected chi connectivity index (χ1v) is 3.80. The first-order valence-electron chi connectivity index (χ1n) is 3.03. The van der Waals surface area contributed by atoms with Gasteiger partial charge < -0.3 is 15.0 Å². The van der Waals surface area contributed by atoms with Gasteiger partial charge in [0.1, 0.15) is 5.75 Å². The molecule has 4 heteroatoms. The Morgan fingerprint density at radius 2 is 2.27 bits per heavy atom. The third-order valence-corrected chi connectivity index (χ3v) is 1.80. The second-order valence-electron chi connectivity index (χ2n) is 2.00. The van der Waals surface area contributed by atoms with Crippen molar-refractivity contribution in [3.8, 4) is 5.75 Å². The van der Waals surface area contributed by atoms with Crippen molar-refractivity contribution in [2.24, 2.45) is 0 Å². The molecule has 0 saturated heterocycles. The zero-order chi connectivity index (χ0) is 8.27. The van der Waals surface area contributed by atoms with E-state index in [2.05, 4.69) is 0 Å². The van der Waals surface area contributed by atoms with Gasteiger partial charge in [-0.3, -0.25) is 0 Å². The predicted octanol–water partition coefficient (Wildman–Crippen LogP) is 1.84. The summed E-state index contributed by atoms with van der Waals surface area (Å²) in [5, 5.41) is 0. The van der Waals surface area contributed by atoms with E-state index in [9.17, 15) is 0 Å². The first-order chi connectivity index (χ1) is 5.27. The summed E-state index contributed by atoms with van der Waals surface area (Å²) in [6.07, 6.45) is 0. The van der Waals surface area contributed by atoms with Crippen LogP contribution in [0.15, 0.2) is 23.1 Å². The lowest BCUT2D eigenvalue weighted by atomic mass is 10.3. The van der Waals surface area contributed by atoms with Gasteiger partial charge in [0, 0.05) is 17.7 Å². The minimum atomic E-state index is 0.613. The molecule has 1 rings (SSSR count). The Kier molecular flexibility index (Phi) is 2.62. The Balaban J connectivity index is 3.06. The summed E-state index contributed by atoms with van der Waals surface area (Å²) in [6, 6.07) is 5.09. The highest BCUT2D eigenvalue weighted by atomic mass is 32.2. The molecule has 3 N–H and O–H groups in total. The second-order valence-corrected chi connectivity index (χ2v) is 2.62. The van der Waals surface area contributed by atoms with E-state index in [1.54, 1.807) is 25.3 Å². The summed E-state index contributed by atoms with van der Waals surface area (Å²) in [5.41, 5.74) is 6.09. The van der Waals surface area contributed by atoms with Crippen LogP contribution in [0.25, 0.3) is 0 Å². The Hall–Kier alpha value is -0.870. The Bertz CT molecular complexity index is 252. The van der Waals surface area contributed by atoms with E-state index >= 15 is 0 Å². The van der Waals surface area contributed by atoms with Gasteiger partial charge in [-0.25, -0.2) is 0 Å². The molecule has 60 valence electrons.